The molecule has 0 saturated heterocycles. The number of nitriles is 1. The molecule has 0 fully saturated rings. The summed E-state index contributed by atoms with van der Waals surface area (Å²) in [6.45, 7) is 4.29. The van der Waals surface area contributed by atoms with Crippen molar-refractivity contribution in [1.29, 1.82) is 5.26 Å². The van der Waals surface area contributed by atoms with Gasteiger partial charge in [0.2, 0.25) is 0 Å². The molecular weight excluding hydrogens is 224 g/mol. The van der Waals surface area contributed by atoms with Crippen molar-refractivity contribution in [2.45, 2.75) is 6.92 Å². The smallest absolute Gasteiger partial charge is 0.101 e. The number of ether oxygens (including phenoxy) is 1. The van der Waals surface area contributed by atoms with Crippen LogP contribution in [0.1, 0.15) is 12.5 Å². The first-order chi connectivity index (χ1) is 7.72. The molecule has 0 bridgehead atoms. The van der Waals surface area contributed by atoms with Crippen molar-refractivity contribution in [2.75, 3.05) is 31.7 Å². The van der Waals surface area contributed by atoms with E-state index in [1.165, 1.54) is 0 Å². The number of benzene rings is 1. The summed E-state index contributed by atoms with van der Waals surface area (Å²) < 4.78 is 5.04. The molecule has 1 aromatic carbocycles. The van der Waals surface area contributed by atoms with Crippen molar-refractivity contribution in [3.05, 3.63) is 28.8 Å². The molecule has 1 rings (SSSR count). The van der Waals surface area contributed by atoms with E-state index in [-0.39, 0.29) is 0 Å². The Bertz CT molecular complexity index is 387. The van der Waals surface area contributed by atoms with E-state index in [9.17, 15) is 0 Å². The van der Waals surface area contributed by atoms with E-state index < -0.39 is 0 Å². The van der Waals surface area contributed by atoms with Crippen molar-refractivity contribution >= 4 is 17.3 Å². The molecule has 0 heterocycles. The van der Waals surface area contributed by atoms with E-state index in [2.05, 4.69) is 11.0 Å². The molecule has 0 saturated carbocycles. The van der Waals surface area contributed by atoms with Gasteiger partial charge in [-0.1, -0.05) is 11.6 Å². The van der Waals surface area contributed by atoms with Crippen molar-refractivity contribution in [3.8, 4) is 6.07 Å². The van der Waals surface area contributed by atoms with Crippen molar-refractivity contribution in [2.24, 2.45) is 0 Å². The molecule has 0 radical (unpaired) electrons. The molecular formula is C12H15ClN2O. The summed E-state index contributed by atoms with van der Waals surface area (Å²) in [6.07, 6.45) is 0. The third-order valence-corrected chi connectivity index (χ3v) is 2.60. The van der Waals surface area contributed by atoms with Gasteiger partial charge in [0, 0.05) is 25.2 Å². The number of likely N-dealkylation sites (N-methyl/N-ethyl adjacent to an activating group) is 1. The van der Waals surface area contributed by atoms with Gasteiger partial charge in [-0.05, 0) is 25.1 Å². The Kier molecular flexibility index (Phi) is 5.10. The fraction of sp³-hybridized carbons (Fsp3) is 0.417. The highest BCUT2D eigenvalue weighted by Crippen LogP contribution is 2.23. The maximum Gasteiger partial charge on any atom is 0.101 e. The molecule has 0 aliphatic heterocycles. The fourth-order valence-corrected chi connectivity index (χ4v) is 1.70. The molecule has 0 atom stereocenters. The largest absolute Gasteiger partial charge is 0.383 e. The van der Waals surface area contributed by atoms with Crippen LogP contribution in [-0.4, -0.2) is 26.8 Å². The van der Waals surface area contributed by atoms with Crippen LogP contribution in [-0.2, 0) is 4.74 Å². The van der Waals surface area contributed by atoms with Crippen LogP contribution in [0.5, 0.6) is 0 Å². The van der Waals surface area contributed by atoms with Crippen LogP contribution >= 0.6 is 11.6 Å². The maximum absolute atomic E-state index is 9.05. The van der Waals surface area contributed by atoms with Crippen LogP contribution in [0.4, 0.5) is 5.69 Å². The van der Waals surface area contributed by atoms with E-state index in [0.717, 1.165) is 18.8 Å². The summed E-state index contributed by atoms with van der Waals surface area (Å²) in [6, 6.07) is 7.52. The molecule has 0 aliphatic rings. The van der Waals surface area contributed by atoms with Gasteiger partial charge in [-0.25, -0.2) is 0 Å². The highest BCUT2D eigenvalue weighted by molar-refractivity contribution is 6.30. The molecule has 0 aromatic heterocycles. The first kappa shape index (κ1) is 12.8. The van der Waals surface area contributed by atoms with Crippen LogP contribution in [0.3, 0.4) is 0 Å². The average molecular weight is 239 g/mol. The van der Waals surface area contributed by atoms with E-state index in [4.69, 9.17) is 21.6 Å². The topological polar surface area (TPSA) is 36.3 Å². The van der Waals surface area contributed by atoms with Crippen molar-refractivity contribution in [3.63, 3.8) is 0 Å². The van der Waals surface area contributed by atoms with Crippen LogP contribution in [0.2, 0.25) is 5.02 Å². The predicted molar refractivity (Wildman–Crippen MR) is 65.9 cm³/mol. The Hall–Kier alpha value is -1.24. The summed E-state index contributed by atoms with van der Waals surface area (Å²) >= 11 is 5.85. The fourth-order valence-electron chi connectivity index (χ4n) is 1.52. The molecule has 0 amide bonds. The molecule has 0 N–H and O–H groups in total. The molecule has 86 valence electrons. The number of anilines is 1. The zero-order chi connectivity index (χ0) is 12.0. The second kappa shape index (κ2) is 6.37. The molecule has 0 spiro atoms. The zero-order valence-electron chi connectivity index (χ0n) is 9.53. The van der Waals surface area contributed by atoms with Crippen LogP contribution in [0.15, 0.2) is 18.2 Å². The van der Waals surface area contributed by atoms with Gasteiger partial charge >= 0.3 is 0 Å². The lowest BCUT2D eigenvalue weighted by Crippen LogP contribution is -2.27. The highest BCUT2D eigenvalue weighted by Gasteiger charge is 2.09. The number of rotatable bonds is 5. The number of nitrogens with zero attached hydrogens (tertiary/aromatic N) is 2. The molecule has 4 heteroatoms. The van der Waals surface area contributed by atoms with E-state index in [1.54, 1.807) is 19.2 Å². The predicted octanol–water partition coefficient (Wildman–Crippen LogP) is 2.68. The van der Waals surface area contributed by atoms with Gasteiger partial charge in [-0.15, -0.1) is 0 Å². The minimum absolute atomic E-state index is 0.586. The summed E-state index contributed by atoms with van der Waals surface area (Å²) in [5.74, 6) is 0. The van der Waals surface area contributed by atoms with Crippen LogP contribution in [0, 0.1) is 11.3 Å². The Morgan fingerprint density at radius 2 is 2.25 bits per heavy atom. The Balaban J connectivity index is 2.96. The zero-order valence-corrected chi connectivity index (χ0v) is 10.3. The monoisotopic (exact) mass is 238 g/mol. The number of methoxy groups -OCH3 is 1. The summed E-state index contributed by atoms with van der Waals surface area (Å²) in [7, 11) is 1.67. The van der Waals surface area contributed by atoms with Gasteiger partial charge in [-0.2, -0.15) is 5.26 Å². The van der Waals surface area contributed by atoms with Crippen molar-refractivity contribution in [1.82, 2.24) is 0 Å². The molecule has 0 unspecified atom stereocenters. The lowest BCUT2D eigenvalue weighted by molar-refractivity contribution is 0.205. The first-order valence-corrected chi connectivity index (χ1v) is 5.54. The van der Waals surface area contributed by atoms with Crippen LogP contribution in [0.25, 0.3) is 0 Å². The quantitative estimate of drug-likeness (QED) is 0.791. The van der Waals surface area contributed by atoms with Gasteiger partial charge in [0.25, 0.3) is 0 Å². The Morgan fingerprint density at radius 3 is 2.81 bits per heavy atom. The van der Waals surface area contributed by atoms with E-state index >= 15 is 0 Å². The van der Waals surface area contributed by atoms with Gasteiger partial charge in [0.1, 0.15) is 6.07 Å². The van der Waals surface area contributed by atoms with Gasteiger partial charge in [0.15, 0.2) is 0 Å². The molecule has 1 aromatic rings. The normalized spacial score (nSPS) is 9.88. The first-order valence-electron chi connectivity index (χ1n) is 5.16. The summed E-state index contributed by atoms with van der Waals surface area (Å²) in [4.78, 5) is 2.10. The van der Waals surface area contributed by atoms with E-state index in [0.29, 0.717) is 17.2 Å². The van der Waals surface area contributed by atoms with Gasteiger partial charge in [0.05, 0.1) is 17.9 Å². The van der Waals surface area contributed by atoms with Crippen LogP contribution < -0.4 is 4.90 Å². The van der Waals surface area contributed by atoms with Gasteiger partial charge < -0.3 is 9.64 Å². The highest BCUT2D eigenvalue weighted by atomic mass is 35.5. The third-order valence-electron chi connectivity index (χ3n) is 2.37. The lowest BCUT2D eigenvalue weighted by atomic mass is 10.1. The third kappa shape index (κ3) is 3.13. The SMILES string of the molecule is CCN(CCOC)c1ccc(Cl)cc1C#N. The Morgan fingerprint density at radius 1 is 1.50 bits per heavy atom. The molecule has 3 nitrogen and oxygen atoms in total. The second-order valence-corrected chi connectivity index (χ2v) is 3.78. The second-order valence-electron chi connectivity index (χ2n) is 3.35. The number of hydrogen-bond acceptors (Lipinski definition) is 3. The lowest BCUT2D eigenvalue weighted by Gasteiger charge is -2.23. The average Bonchev–Trinajstić information content (AvgIpc) is 2.31. The van der Waals surface area contributed by atoms with Crippen molar-refractivity contribution < 1.29 is 4.74 Å². The van der Waals surface area contributed by atoms with Gasteiger partial charge in [-0.3, -0.25) is 0 Å². The number of halogens is 1. The summed E-state index contributed by atoms with van der Waals surface area (Å²) in [5.41, 5.74) is 1.51. The molecule has 0 aliphatic carbocycles. The Labute approximate surface area is 101 Å². The molecule has 16 heavy (non-hydrogen) atoms. The number of hydrogen-bond donors (Lipinski definition) is 0. The summed E-state index contributed by atoms with van der Waals surface area (Å²) in [5, 5.41) is 9.63. The minimum Gasteiger partial charge on any atom is -0.383 e. The standard InChI is InChI=1S/C12H15ClN2O/c1-3-15(6-7-16-2)12-5-4-11(13)8-10(12)9-14/h4-5,8H,3,6-7H2,1-2H3. The van der Waals surface area contributed by atoms with E-state index in [1.807, 2.05) is 13.0 Å². The maximum atomic E-state index is 9.05. The minimum atomic E-state index is 0.586.